The second kappa shape index (κ2) is 9.64. The molecule has 0 aliphatic heterocycles. The molecule has 0 fully saturated rings. The molecule has 0 saturated heterocycles. The zero-order chi connectivity index (χ0) is 23.5. The number of benzene rings is 2. The first kappa shape index (κ1) is 22.8. The number of nitrogens with zero attached hydrogens (tertiary/aromatic N) is 3. The first-order chi connectivity index (χ1) is 15.8. The zero-order valence-corrected chi connectivity index (χ0v) is 19.4. The number of halogens is 2. The zero-order valence-electron chi connectivity index (χ0n) is 18.6. The van der Waals surface area contributed by atoms with E-state index in [1.165, 1.54) is 6.07 Å². The summed E-state index contributed by atoms with van der Waals surface area (Å²) in [6.07, 6.45) is 3.73. The van der Waals surface area contributed by atoms with Crippen LogP contribution in [0.2, 0.25) is 0 Å². The lowest BCUT2D eigenvalue weighted by Gasteiger charge is -2.11. The van der Waals surface area contributed by atoms with Crippen LogP contribution in [0.25, 0.3) is 21.7 Å². The molecule has 0 bridgehead atoms. The number of carbonyl (C=O) groups is 1. The molecule has 0 spiro atoms. The van der Waals surface area contributed by atoms with Gasteiger partial charge in [-0.3, -0.25) is 4.79 Å². The van der Waals surface area contributed by atoms with Gasteiger partial charge in [0.05, 0.1) is 23.1 Å². The molecule has 4 aromatic rings. The SMILES string of the molecule is Cc1sc(-c2cncn2CCN(C)C)cc1-c1ccc(NC(=O)c2c(F)cccc2F)cc1. The highest BCUT2D eigenvalue weighted by Crippen LogP contribution is 2.37. The predicted molar refractivity (Wildman–Crippen MR) is 129 cm³/mol. The van der Waals surface area contributed by atoms with Gasteiger partial charge in [0, 0.05) is 23.7 Å². The molecule has 1 amide bonds. The Labute approximate surface area is 195 Å². The Bertz CT molecular complexity index is 1260. The van der Waals surface area contributed by atoms with Gasteiger partial charge in [-0.15, -0.1) is 11.3 Å². The fourth-order valence-corrected chi connectivity index (χ4v) is 4.62. The fourth-order valence-electron chi connectivity index (χ4n) is 3.55. The van der Waals surface area contributed by atoms with Crippen LogP contribution >= 0.6 is 11.3 Å². The molecular formula is C25H24F2N4OS. The maximum Gasteiger partial charge on any atom is 0.261 e. The van der Waals surface area contributed by atoms with Crippen molar-refractivity contribution in [3.8, 4) is 21.7 Å². The van der Waals surface area contributed by atoms with Gasteiger partial charge in [0.25, 0.3) is 5.91 Å². The van der Waals surface area contributed by atoms with Crippen molar-refractivity contribution in [1.82, 2.24) is 14.5 Å². The van der Waals surface area contributed by atoms with Crippen molar-refractivity contribution < 1.29 is 13.6 Å². The van der Waals surface area contributed by atoms with Crippen molar-refractivity contribution >= 4 is 22.9 Å². The third-order valence-electron chi connectivity index (χ3n) is 5.31. The minimum atomic E-state index is -0.893. The molecule has 0 aliphatic carbocycles. The topological polar surface area (TPSA) is 50.2 Å². The van der Waals surface area contributed by atoms with Gasteiger partial charge in [-0.05, 0) is 62.5 Å². The molecule has 0 radical (unpaired) electrons. The summed E-state index contributed by atoms with van der Waals surface area (Å²) in [5.74, 6) is -2.61. The smallest absolute Gasteiger partial charge is 0.261 e. The highest BCUT2D eigenvalue weighted by Gasteiger charge is 2.17. The Balaban J connectivity index is 1.53. The summed E-state index contributed by atoms with van der Waals surface area (Å²) < 4.78 is 29.9. The minimum absolute atomic E-state index is 0.460. The number of hydrogen-bond donors (Lipinski definition) is 1. The van der Waals surface area contributed by atoms with Gasteiger partial charge >= 0.3 is 0 Å². The minimum Gasteiger partial charge on any atom is -0.329 e. The number of imidazole rings is 1. The normalized spacial score (nSPS) is 11.2. The number of aromatic nitrogens is 2. The van der Waals surface area contributed by atoms with Crippen LogP contribution in [0.4, 0.5) is 14.5 Å². The van der Waals surface area contributed by atoms with Gasteiger partial charge in [-0.1, -0.05) is 18.2 Å². The van der Waals surface area contributed by atoms with E-state index in [1.54, 1.807) is 23.5 Å². The van der Waals surface area contributed by atoms with Crippen molar-refractivity contribution in [2.75, 3.05) is 26.0 Å². The van der Waals surface area contributed by atoms with Crippen molar-refractivity contribution in [2.45, 2.75) is 13.5 Å². The monoisotopic (exact) mass is 466 g/mol. The third-order valence-corrected chi connectivity index (χ3v) is 6.39. The van der Waals surface area contributed by atoms with Gasteiger partial charge in [-0.25, -0.2) is 13.8 Å². The van der Waals surface area contributed by atoms with E-state index in [0.29, 0.717) is 5.69 Å². The molecule has 170 valence electrons. The standard InChI is InChI=1S/C25H24F2N4OS/c1-16-19(13-23(33-16)22-14-28-15-31(22)12-11-30(2)3)17-7-9-18(10-8-17)29-25(32)24-20(26)5-4-6-21(24)27/h4-10,13-15H,11-12H2,1-3H3,(H,29,32). The van der Waals surface area contributed by atoms with Crippen molar-refractivity contribution in [3.05, 3.63) is 83.1 Å². The molecule has 8 heteroatoms. The number of anilines is 1. The Morgan fingerprint density at radius 3 is 2.48 bits per heavy atom. The summed E-state index contributed by atoms with van der Waals surface area (Å²) in [5.41, 5.74) is 3.02. The second-order valence-corrected chi connectivity index (χ2v) is 9.24. The van der Waals surface area contributed by atoms with Crippen LogP contribution in [-0.4, -0.2) is 41.0 Å². The predicted octanol–water partition coefficient (Wildman–Crippen LogP) is 5.68. The molecular weight excluding hydrogens is 442 g/mol. The molecule has 0 atom stereocenters. The van der Waals surface area contributed by atoms with Crippen LogP contribution < -0.4 is 5.32 Å². The fraction of sp³-hybridized carbons (Fsp3) is 0.200. The molecule has 2 aromatic carbocycles. The lowest BCUT2D eigenvalue weighted by molar-refractivity contribution is 0.101. The number of aryl methyl sites for hydroxylation is 1. The summed E-state index contributed by atoms with van der Waals surface area (Å²) in [7, 11) is 4.09. The van der Waals surface area contributed by atoms with E-state index in [-0.39, 0.29) is 0 Å². The maximum atomic E-state index is 13.9. The highest BCUT2D eigenvalue weighted by molar-refractivity contribution is 7.15. The first-order valence-corrected chi connectivity index (χ1v) is 11.3. The third kappa shape index (κ3) is 5.02. The number of rotatable bonds is 7. The van der Waals surface area contributed by atoms with Crippen molar-refractivity contribution in [2.24, 2.45) is 0 Å². The van der Waals surface area contributed by atoms with E-state index in [9.17, 15) is 13.6 Å². The summed E-state index contributed by atoms with van der Waals surface area (Å²) in [6.45, 7) is 3.84. The molecule has 0 aliphatic rings. The van der Waals surface area contributed by atoms with Crippen LogP contribution in [-0.2, 0) is 6.54 Å². The Hall–Kier alpha value is -3.36. The average molecular weight is 467 g/mol. The van der Waals surface area contributed by atoms with E-state index < -0.39 is 23.1 Å². The molecule has 0 saturated carbocycles. The highest BCUT2D eigenvalue weighted by atomic mass is 32.1. The Kier molecular flexibility index (Phi) is 6.67. The van der Waals surface area contributed by atoms with Crippen LogP contribution in [0, 0.1) is 18.6 Å². The van der Waals surface area contributed by atoms with E-state index in [2.05, 4.69) is 32.8 Å². The van der Waals surface area contributed by atoms with E-state index in [1.807, 2.05) is 38.8 Å². The Morgan fingerprint density at radius 1 is 1.12 bits per heavy atom. The van der Waals surface area contributed by atoms with Gasteiger partial charge < -0.3 is 14.8 Å². The number of thiophene rings is 1. The molecule has 33 heavy (non-hydrogen) atoms. The number of nitrogens with one attached hydrogen (secondary N) is 1. The summed E-state index contributed by atoms with van der Waals surface area (Å²) in [5, 5.41) is 2.56. The molecule has 5 nitrogen and oxygen atoms in total. The largest absolute Gasteiger partial charge is 0.329 e. The lowest BCUT2D eigenvalue weighted by Crippen LogP contribution is -2.18. The van der Waals surface area contributed by atoms with Crippen LogP contribution in [0.3, 0.4) is 0 Å². The lowest BCUT2D eigenvalue weighted by atomic mass is 10.1. The number of likely N-dealkylation sites (N-methyl/N-ethyl adjacent to an activating group) is 1. The molecule has 2 heterocycles. The summed E-state index contributed by atoms with van der Waals surface area (Å²) in [4.78, 5) is 21.1. The number of hydrogen-bond acceptors (Lipinski definition) is 4. The van der Waals surface area contributed by atoms with Gasteiger partial charge in [0.1, 0.15) is 17.2 Å². The summed E-state index contributed by atoms with van der Waals surface area (Å²) in [6, 6.07) is 12.7. The van der Waals surface area contributed by atoms with Gasteiger partial charge in [0.2, 0.25) is 0 Å². The molecule has 4 rings (SSSR count). The maximum absolute atomic E-state index is 13.9. The van der Waals surface area contributed by atoms with E-state index in [4.69, 9.17) is 0 Å². The van der Waals surface area contributed by atoms with Gasteiger partial charge in [-0.2, -0.15) is 0 Å². The number of amides is 1. The van der Waals surface area contributed by atoms with Crippen LogP contribution in [0.1, 0.15) is 15.2 Å². The number of carbonyl (C=O) groups excluding carboxylic acids is 1. The average Bonchev–Trinajstić information content (AvgIpc) is 3.39. The Morgan fingerprint density at radius 2 is 1.82 bits per heavy atom. The van der Waals surface area contributed by atoms with Crippen LogP contribution in [0.15, 0.2) is 61.1 Å². The van der Waals surface area contributed by atoms with Crippen molar-refractivity contribution in [1.29, 1.82) is 0 Å². The quantitative estimate of drug-likeness (QED) is 0.381. The van der Waals surface area contributed by atoms with Crippen LogP contribution in [0.5, 0.6) is 0 Å². The van der Waals surface area contributed by atoms with E-state index in [0.717, 1.165) is 51.8 Å². The summed E-state index contributed by atoms with van der Waals surface area (Å²) >= 11 is 1.70. The molecule has 0 unspecified atom stereocenters. The molecule has 1 N–H and O–H groups in total. The van der Waals surface area contributed by atoms with Crippen molar-refractivity contribution in [3.63, 3.8) is 0 Å². The first-order valence-electron chi connectivity index (χ1n) is 10.4. The van der Waals surface area contributed by atoms with Gasteiger partial charge in [0.15, 0.2) is 0 Å². The van der Waals surface area contributed by atoms with E-state index >= 15 is 0 Å². The molecule has 2 aromatic heterocycles. The second-order valence-electron chi connectivity index (χ2n) is 7.98.